The first-order chi connectivity index (χ1) is 8.97. The second-order valence-electron chi connectivity index (χ2n) is 5.35. The summed E-state index contributed by atoms with van der Waals surface area (Å²) in [4.78, 5) is 4.79. The van der Waals surface area contributed by atoms with Gasteiger partial charge in [-0.1, -0.05) is 32.0 Å². The van der Waals surface area contributed by atoms with Crippen LogP contribution in [0.5, 0.6) is 0 Å². The van der Waals surface area contributed by atoms with Crippen molar-refractivity contribution in [1.82, 2.24) is 9.55 Å². The average molecular weight is 257 g/mol. The van der Waals surface area contributed by atoms with Crippen LogP contribution < -0.4 is 5.73 Å². The average Bonchev–Trinajstić information content (AvgIpc) is 2.70. The standard InChI is InChI=1S/C16H23N3/c1-6-19-15(17)14(18-16(19)10(2)3)13-9-7-8-11(4)12(13)5/h7-10H,6,17H2,1-5H3. The summed E-state index contributed by atoms with van der Waals surface area (Å²) in [6.07, 6.45) is 0. The number of imidazole rings is 1. The van der Waals surface area contributed by atoms with Crippen LogP contribution in [-0.4, -0.2) is 9.55 Å². The highest BCUT2D eigenvalue weighted by atomic mass is 15.1. The van der Waals surface area contributed by atoms with E-state index in [2.05, 4.69) is 57.4 Å². The fraction of sp³-hybridized carbons (Fsp3) is 0.438. The molecule has 19 heavy (non-hydrogen) atoms. The number of hydrogen-bond donors (Lipinski definition) is 1. The Kier molecular flexibility index (Phi) is 3.65. The fourth-order valence-electron chi connectivity index (χ4n) is 2.46. The number of aryl methyl sites for hydroxylation is 1. The van der Waals surface area contributed by atoms with Gasteiger partial charge in [-0.2, -0.15) is 0 Å². The molecule has 2 rings (SSSR count). The Morgan fingerprint density at radius 1 is 1.26 bits per heavy atom. The fourth-order valence-corrected chi connectivity index (χ4v) is 2.46. The summed E-state index contributed by atoms with van der Waals surface area (Å²) < 4.78 is 2.11. The second-order valence-corrected chi connectivity index (χ2v) is 5.35. The van der Waals surface area contributed by atoms with E-state index in [1.54, 1.807) is 0 Å². The first kappa shape index (κ1) is 13.7. The van der Waals surface area contributed by atoms with Gasteiger partial charge in [-0.3, -0.25) is 0 Å². The molecule has 1 aromatic carbocycles. The Morgan fingerprint density at radius 2 is 1.95 bits per heavy atom. The van der Waals surface area contributed by atoms with Gasteiger partial charge in [-0.25, -0.2) is 4.98 Å². The molecule has 1 aromatic heterocycles. The van der Waals surface area contributed by atoms with E-state index < -0.39 is 0 Å². The van der Waals surface area contributed by atoms with Gasteiger partial charge < -0.3 is 10.3 Å². The highest BCUT2D eigenvalue weighted by Gasteiger charge is 2.18. The van der Waals surface area contributed by atoms with E-state index in [1.807, 2.05) is 0 Å². The number of benzene rings is 1. The van der Waals surface area contributed by atoms with Gasteiger partial charge in [0.05, 0.1) is 0 Å². The highest BCUT2D eigenvalue weighted by Crippen LogP contribution is 2.32. The molecule has 0 unspecified atom stereocenters. The van der Waals surface area contributed by atoms with E-state index >= 15 is 0 Å². The van der Waals surface area contributed by atoms with Gasteiger partial charge in [0.25, 0.3) is 0 Å². The molecule has 0 aliphatic heterocycles. The zero-order chi connectivity index (χ0) is 14.2. The lowest BCUT2D eigenvalue weighted by Crippen LogP contribution is -2.06. The Hall–Kier alpha value is -1.77. The minimum absolute atomic E-state index is 0.376. The quantitative estimate of drug-likeness (QED) is 0.906. The number of nitrogens with two attached hydrogens (primary N) is 1. The maximum absolute atomic E-state index is 6.30. The molecule has 1 heterocycles. The first-order valence-corrected chi connectivity index (χ1v) is 6.89. The molecule has 102 valence electrons. The lowest BCUT2D eigenvalue weighted by molar-refractivity contribution is 0.658. The summed E-state index contributed by atoms with van der Waals surface area (Å²) in [5, 5.41) is 0. The van der Waals surface area contributed by atoms with Crippen molar-refractivity contribution in [2.45, 2.75) is 47.1 Å². The van der Waals surface area contributed by atoms with E-state index in [-0.39, 0.29) is 0 Å². The van der Waals surface area contributed by atoms with Crippen LogP contribution in [0.3, 0.4) is 0 Å². The third-order valence-electron chi connectivity index (χ3n) is 3.73. The molecule has 0 saturated carbocycles. The molecule has 0 bridgehead atoms. The molecular formula is C16H23N3. The van der Waals surface area contributed by atoms with Gasteiger partial charge in [0.1, 0.15) is 17.3 Å². The van der Waals surface area contributed by atoms with Crippen molar-refractivity contribution in [2.24, 2.45) is 0 Å². The largest absolute Gasteiger partial charge is 0.383 e. The van der Waals surface area contributed by atoms with Crippen molar-refractivity contribution in [3.05, 3.63) is 35.2 Å². The number of hydrogen-bond acceptors (Lipinski definition) is 2. The molecule has 3 heteroatoms. The van der Waals surface area contributed by atoms with E-state index in [0.717, 1.165) is 29.4 Å². The summed E-state index contributed by atoms with van der Waals surface area (Å²) in [6.45, 7) is 11.5. The third kappa shape index (κ3) is 2.25. The van der Waals surface area contributed by atoms with Crippen LogP contribution in [0.25, 0.3) is 11.3 Å². The van der Waals surface area contributed by atoms with Crippen LogP contribution in [0.1, 0.15) is 43.6 Å². The van der Waals surface area contributed by atoms with Gasteiger partial charge in [0.15, 0.2) is 0 Å². The van der Waals surface area contributed by atoms with E-state index in [1.165, 1.54) is 11.1 Å². The van der Waals surface area contributed by atoms with Gasteiger partial charge in [0.2, 0.25) is 0 Å². The molecule has 2 aromatic rings. The van der Waals surface area contributed by atoms with Crippen LogP contribution in [0, 0.1) is 13.8 Å². The zero-order valence-electron chi connectivity index (χ0n) is 12.5. The third-order valence-corrected chi connectivity index (χ3v) is 3.73. The molecule has 0 radical (unpaired) electrons. The van der Waals surface area contributed by atoms with Crippen molar-refractivity contribution in [1.29, 1.82) is 0 Å². The smallest absolute Gasteiger partial charge is 0.131 e. The van der Waals surface area contributed by atoms with Crippen LogP contribution in [0.15, 0.2) is 18.2 Å². The maximum Gasteiger partial charge on any atom is 0.131 e. The zero-order valence-corrected chi connectivity index (χ0v) is 12.5. The molecule has 3 nitrogen and oxygen atoms in total. The number of nitrogen functional groups attached to an aromatic ring is 1. The number of anilines is 1. The molecule has 0 saturated heterocycles. The summed E-state index contributed by atoms with van der Waals surface area (Å²) in [5.41, 5.74) is 10.9. The summed E-state index contributed by atoms with van der Waals surface area (Å²) in [5.74, 6) is 2.22. The SMILES string of the molecule is CCn1c(C(C)C)nc(-c2cccc(C)c2C)c1N. The monoisotopic (exact) mass is 257 g/mol. The predicted molar refractivity (Wildman–Crippen MR) is 81.3 cm³/mol. The lowest BCUT2D eigenvalue weighted by atomic mass is 10.0. The van der Waals surface area contributed by atoms with Crippen LogP contribution in [0.2, 0.25) is 0 Å². The van der Waals surface area contributed by atoms with Crippen molar-refractivity contribution >= 4 is 5.82 Å². The predicted octanol–water partition coefficient (Wildman–Crippen LogP) is 3.89. The summed E-state index contributed by atoms with van der Waals surface area (Å²) >= 11 is 0. The van der Waals surface area contributed by atoms with E-state index in [9.17, 15) is 0 Å². The molecule has 0 aliphatic carbocycles. The van der Waals surface area contributed by atoms with E-state index in [0.29, 0.717) is 5.92 Å². The molecule has 0 fully saturated rings. The first-order valence-electron chi connectivity index (χ1n) is 6.89. The normalized spacial score (nSPS) is 11.3. The number of nitrogens with zero attached hydrogens (tertiary/aromatic N) is 2. The molecule has 0 spiro atoms. The Morgan fingerprint density at radius 3 is 2.47 bits per heavy atom. The van der Waals surface area contributed by atoms with Crippen molar-refractivity contribution in [3.8, 4) is 11.3 Å². The highest BCUT2D eigenvalue weighted by molar-refractivity contribution is 5.74. The van der Waals surface area contributed by atoms with Gasteiger partial charge in [-0.15, -0.1) is 0 Å². The number of aromatic nitrogens is 2. The van der Waals surface area contributed by atoms with Gasteiger partial charge in [-0.05, 0) is 31.9 Å². The Balaban J connectivity index is 2.66. The van der Waals surface area contributed by atoms with Gasteiger partial charge in [0, 0.05) is 18.0 Å². The second kappa shape index (κ2) is 5.08. The molecular weight excluding hydrogens is 234 g/mol. The van der Waals surface area contributed by atoms with Crippen LogP contribution in [-0.2, 0) is 6.54 Å². The molecule has 0 aliphatic rings. The minimum Gasteiger partial charge on any atom is -0.383 e. The lowest BCUT2D eigenvalue weighted by Gasteiger charge is -2.09. The molecule has 0 atom stereocenters. The van der Waals surface area contributed by atoms with E-state index in [4.69, 9.17) is 10.7 Å². The van der Waals surface area contributed by atoms with Gasteiger partial charge >= 0.3 is 0 Å². The van der Waals surface area contributed by atoms with Crippen LogP contribution >= 0.6 is 0 Å². The minimum atomic E-state index is 0.376. The maximum atomic E-state index is 6.30. The summed E-state index contributed by atoms with van der Waals surface area (Å²) in [7, 11) is 0. The topological polar surface area (TPSA) is 43.8 Å². The number of rotatable bonds is 3. The van der Waals surface area contributed by atoms with Crippen molar-refractivity contribution < 1.29 is 0 Å². The molecule has 2 N–H and O–H groups in total. The van der Waals surface area contributed by atoms with Crippen molar-refractivity contribution in [3.63, 3.8) is 0 Å². The van der Waals surface area contributed by atoms with Crippen LogP contribution in [0.4, 0.5) is 5.82 Å². The summed E-state index contributed by atoms with van der Waals surface area (Å²) in [6, 6.07) is 6.29. The van der Waals surface area contributed by atoms with Crippen molar-refractivity contribution in [2.75, 3.05) is 5.73 Å². The molecule has 0 amide bonds. The Labute approximate surface area is 115 Å². The Bertz CT molecular complexity index is 594.